The molecule has 1 aliphatic heterocycles. The first-order chi connectivity index (χ1) is 9.98. The third kappa shape index (κ3) is 3.36. The number of rotatable bonds is 3. The van der Waals surface area contributed by atoms with Crippen molar-refractivity contribution in [1.29, 1.82) is 0 Å². The van der Waals surface area contributed by atoms with Gasteiger partial charge in [-0.1, -0.05) is 11.8 Å². The largest absolute Gasteiger partial charge is 0.495 e. The number of methoxy groups -OCH3 is 1. The first-order valence-corrected chi connectivity index (χ1v) is 7.98. The summed E-state index contributed by atoms with van der Waals surface area (Å²) in [5.41, 5.74) is 5.87. The van der Waals surface area contributed by atoms with Crippen molar-refractivity contribution in [2.45, 2.75) is 17.4 Å². The number of nitrogens with two attached hydrogens (primary N) is 1. The number of benzene rings is 1. The number of hydrogen-bond acceptors (Lipinski definition) is 5. The van der Waals surface area contributed by atoms with E-state index in [2.05, 4.69) is 11.8 Å². The van der Waals surface area contributed by atoms with Gasteiger partial charge < -0.3 is 15.6 Å². The van der Waals surface area contributed by atoms with Crippen LogP contribution in [0.5, 0.6) is 5.75 Å². The lowest BCUT2D eigenvalue weighted by molar-refractivity contribution is 0.189. The fourth-order valence-electron chi connectivity index (χ4n) is 2.18. The number of β-amino-alcohol motifs (C(OH)–C–C–N with tert-alkyl or cyclic N) is 1. The van der Waals surface area contributed by atoms with Crippen LogP contribution in [0.4, 0.5) is 0 Å². The maximum atomic E-state index is 12.6. The van der Waals surface area contributed by atoms with Gasteiger partial charge in [0.1, 0.15) is 10.6 Å². The number of aliphatic hydroxyl groups excluding tert-OH is 1. The van der Waals surface area contributed by atoms with E-state index in [0.717, 1.165) is 0 Å². The van der Waals surface area contributed by atoms with E-state index in [4.69, 9.17) is 10.5 Å². The van der Waals surface area contributed by atoms with Gasteiger partial charge in [-0.05, 0) is 24.6 Å². The molecule has 114 valence electrons. The molecule has 2 rings (SSSR count). The topological polar surface area (TPSA) is 92.9 Å². The third-order valence-corrected chi connectivity index (χ3v) is 5.13. The first-order valence-electron chi connectivity index (χ1n) is 6.54. The molecule has 0 amide bonds. The Morgan fingerprint density at radius 3 is 2.86 bits per heavy atom. The maximum absolute atomic E-state index is 12.6. The molecule has 0 aliphatic carbocycles. The molecule has 0 radical (unpaired) electrons. The quantitative estimate of drug-likeness (QED) is 0.752. The summed E-state index contributed by atoms with van der Waals surface area (Å²) in [5, 5.41) is 9.53. The van der Waals surface area contributed by atoms with Crippen molar-refractivity contribution in [1.82, 2.24) is 4.31 Å². The summed E-state index contributed by atoms with van der Waals surface area (Å²) in [6.07, 6.45) is -0.181. The molecule has 3 N–H and O–H groups in total. The number of hydrogen-bond donors (Lipinski definition) is 2. The normalized spacial score (nSPS) is 19.1. The predicted molar refractivity (Wildman–Crippen MR) is 78.3 cm³/mol. The van der Waals surface area contributed by atoms with Gasteiger partial charge in [0.05, 0.1) is 19.8 Å². The van der Waals surface area contributed by atoms with Gasteiger partial charge in [0.15, 0.2) is 0 Å². The van der Waals surface area contributed by atoms with Gasteiger partial charge in [-0.3, -0.25) is 0 Å². The average molecular weight is 310 g/mol. The Kier molecular flexibility index (Phi) is 4.85. The highest BCUT2D eigenvalue weighted by atomic mass is 32.2. The highest BCUT2D eigenvalue weighted by Gasteiger charge is 2.33. The van der Waals surface area contributed by atoms with Crippen molar-refractivity contribution in [3.8, 4) is 17.6 Å². The lowest BCUT2D eigenvalue weighted by Gasteiger charge is -2.18. The average Bonchev–Trinajstić information content (AvgIpc) is 2.92. The second-order valence-corrected chi connectivity index (χ2v) is 6.58. The minimum absolute atomic E-state index is 0.0583. The van der Waals surface area contributed by atoms with Crippen LogP contribution in [0.15, 0.2) is 23.1 Å². The van der Waals surface area contributed by atoms with Crippen LogP contribution in [0.25, 0.3) is 0 Å². The molecule has 1 aromatic rings. The Morgan fingerprint density at radius 1 is 1.52 bits per heavy atom. The van der Waals surface area contributed by atoms with E-state index in [-0.39, 0.29) is 23.7 Å². The molecule has 1 fully saturated rings. The van der Waals surface area contributed by atoms with Gasteiger partial charge in [0.25, 0.3) is 0 Å². The molecule has 0 saturated carbocycles. The van der Waals surface area contributed by atoms with Gasteiger partial charge in [-0.15, -0.1) is 0 Å². The van der Waals surface area contributed by atoms with Crippen molar-refractivity contribution in [3.63, 3.8) is 0 Å². The van der Waals surface area contributed by atoms with Crippen LogP contribution in [-0.2, 0) is 10.0 Å². The zero-order valence-corrected chi connectivity index (χ0v) is 12.6. The third-order valence-electron chi connectivity index (χ3n) is 3.24. The van der Waals surface area contributed by atoms with E-state index >= 15 is 0 Å². The van der Waals surface area contributed by atoms with Crippen LogP contribution in [0, 0.1) is 11.8 Å². The van der Waals surface area contributed by atoms with Crippen molar-refractivity contribution in [2.75, 3.05) is 26.7 Å². The Bertz CT molecular complexity index is 676. The molecule has 1 aromatic carbocycles. The lowest BCUT2D eigenvalue weighted by Crippen LogP contribution is -2.30. The minimum Gasteiger partial charge on any atom is -0.495 e. The molecule has 1 aliphatic rings. The molecule has 1 atom stereocenters. The number of aliphatic hydroxyl groups is 1. The van der Waals surface area contributed by atoms with Crippen LogP contribution < -0.4 is 10.5 Å². The van der Waals surface area contributed by atoms with Gasteiger partial charge in [-0.25, -0.2) is 8.42 Å². The Balaban J connectivity index is 2.45. The zero-order chi connectivity index (χ0) is 15.5. The maximum Gasteiger partial charge on any atom is 0.246 e. The van der Waals surface area contributed by atoms with E-state index in [9.17, 15) is 13.5 Å². The monoisotopic (exact) mass is 310 g/mol. The lowest BCUT2D eigenvalue weighted by atomic mass is 10.2. The van der Waals surface area contributed by atoms with E-state index in [0.29, 0.717) is 18.5 Å². The van der Waals surface area contributed by atoms with Crippen molar-refractivity contribution < 1.29 is 18.3 Å². The number of ether oxygens (including phenoxy) is 1. The van der Waals surface area contributed by atoms with Crippen molar-refractivity contribution in [3.05, 3.63) is 23.8 Å². The van der Waals surface area contributed by atoms with Crippen LogP contribution in [0.2, 0.25) is 0 Å². The van der Waals surface area contributed by atoms with Gasteiger partial charge in [-0.2, -0.15) is 4.31 Å². The Hall–Kier alpha value is -1.59. The second kappa shape index (κ2) is 6.45. The molecule has 21 heavy (non-hydrogen) atoms. The summed E-state index contributed by atoms with van der Waals surface area (Å²) in [6.45, 7) is 0.599. The Morgan fingerprint density at radius 2 is 2.29 bits per heavy atom. The van der Waals surface area contributed by atoms with E-state index in [1.165, 1.54) is 17.5 Å². The van der Waals surface area contributed by atoms with Crippen molar-refractivity contribution >= 4 is 10.0 Å². The van der Waals surface area contributed by atoms with E-state index in [1.807, 2.05) is 0 Å². The fourth-order valence-corrected chi connectivity index (χ4v) is 3.85. The highest BCUT2D eigenvalue weighted by Crippen LogP contribution is 2.29. The van der Waals surface area contributed by atoms with E-state index < -0.39 is 16.1 Å². The standard InChI is InChI=1S/C14H18N2O4S/c1-20-13-5-4-11(3-2-7-15)9-14(13)21(18,19)16-8-6-12(17)10-16/h4-5,9,12,17H,6-8,10,15H2,1H3. The molecule has 6 nitrogen and oxygen atoms in total. The summed E-state index contributed by atoms with van der Waals surface area (Å²) in [7, 11) is -2.30. The molecule has 1 heterocycles. The number of sulfonamides is 1. The van der Waals surface area contributed by atoms with Crippen LogP contribution in [0.3, 0.4) is 0 Å². The molecule has 1 unspecified atom stereocenters. The summed E-state index contributed by atoms with van der Waals surface area (Å²) < 4.78 is 31.7. The fraction of sp³-hybridized carbons (Fsp3) is 0.429. The highest BCUT2D eigenvalue weighted by molar-refractivity contribution is 7.89. The summed E-state index contributed by atoms with van der Waals surface area (Å²) in [6, 6.07) is 4.72. The summed E-state index contributed by atoms with van der Waals surface area (Å²) in [5.74, 6) is 5.75. The van der Waals surface area contributed by atoms with Crippen LogP contribution in [-0.4, -0.2) is 50.7 Å². The van der Waals surface area contributed by atoms with Gasteiger partial charge in [0, 0.05) is 18.7 Å². The molecule has 1 saturated heterocycles. The second-order valence-electron chi connectivity index (χ2n) is 4.68. The first kappa shape index (κ1) is 15.8. The summed E-state index contributed by atoms with van der Waals surface area (Å²) >= 11 is 0. The minimum atomic E-state index is -3.71. The smallest absolute Gasteiger partial charge is 0.246 e. The molecule has 0 spiro atoms. The number of nitrogens with zero attached hydrogens (tertiary/aromatic N) is 1. The summed E-state index contributed by atoms with van der Waals surface area (Å²) in [4.78, 5) is 0.0583. The van der Waals surface area contributed by atoms with Crippen LogP contribution in [0.1, 0.15) is 12.0 Å². The molecular formula is C14H18N2O4S. The Labute approximate surface area is 124 Å². The molecule has 0 bridgehead atoms. The van der Waals surface area contributed by atoms with Gasteiger partial charge >= 0.3 is 0 Å². The molecular weight excluding hydrogens is 292 g/mol. The van der Waals surface area contributed by atoms with Crippen molar-refractivity contribution in [2.24, 2.45) is 5.73 Å². The van der Waals surface area contributed by atoms with Crippen LogP contribution >= 0.6 is 0 Å². The molecule has 7 heteroatoms. The van der Waals surface area contributed by atoms with E-state index in [1.54, 1.807) is 12.1 Å². The zero-order valence-electron chi connectivity index (χ0n) is 11.7. The molecule has 0 aromatic heterocycles. The SMILES string of the molecule is COc1ccc(C#CCN)cc1S(=O)(=O)N1CCC(O)C1. The van der Waals surface area contributed by atoms with Gasteiger partial charge in [0.2, 0.25) is 10.0 Å². The predicted octanol–water partition coefficient (Wildman–Crippen LogP) is -0.239.